The number of nitrogens with one attached hydrogen (secondary N) is 2. The minimum Gasteiger partial charge on any atom is -0.290 e. The molecule has 3 aromatic rings. The Balaban J connectivity index is 1.93. The molecular weight excluding hydrogens is 465 g/mol. The SMILES string of the molecule is N#Cc1c(-c2ccccc2)nc(NN=Cc2cccc(Cl)c2I)[nH]c1=O. The number of anilines is 1. The van der Waals surface area contributed by atoms with E-state index in [1.54, 1.807) is 24.4 Å². The van der Waals surface area contributed by atoms with Gasteiger partial charge in [-0.3, -0.25) is 9.78 Å². The summed E-state index contributed by atoms with van der Waals surface area (Å²) in [5, 5.41) is 14.0. The van der Waals surface area contributed by atoms with Crippen molar-refractivity contribution in [1.29, 1.82) is 5.26 Å². The maximum Gasteiger partial charge on any atom is 0.270 e. The van der Waals surface area contributed by atoms with Crippen LogP contribution in [0.2, 0.25) is 5.02 Å². The van der Waals surface area contributed by atoms with Crippen molar-refractivity contribution in [2.75, 3.05) is 5.43 Å². The van der Waals surface area contributed by atoms with Crippen molar-refractivity contribution in [2.45, 2.75) is 0 Å². The van der Waals surface area contributed by atoms with E-state index in [1.165, 1.54) is 0 Å². The first-order valence-electron chi connectivity index (χ1n) is 7.43. The van der Waals surface area contributed by atoms with Gasteiger partial charge in [0.05, 0.1) is 16.9 Å². The third-order valence-corrected chi connectivity index (χ3v) is 5.27. The maximum atomic E-state index is 12.2. The monoisotopic (exact) mass is 475 g/mol. The molecule has 128 valence electrons. The molecule has 3 rings (SSSR count). The molecule has 2 aromatic carbocycles. The lowest BCUT2D eigenvalue weighted by Gasteiger charge is -2.06. The van der Waals surface area contributed by atoms with Crippen molar-refractivity contribution in [1.82, 2.24) is 9.97 Å². The number of benzene rings is 2. The number of halogens is 2. The Labute approximate surface area is 167 Å². The number of aromatic nitrogens is 2. The van der Waals surface area contributed by atoms with E-state index in [2.05, 4.69) is 43.1 Å². The Bertz CT molecular complexity index is 1070. The number of H-pyrrole nitrogens is 1. The van der Waals surface area contributed by atoms with Gasteiger partial charge >= 0.3 is 0 Å². The molecule has 8 heteroatoms. The topological polar surface area (TPSA) is 93.9 Å². The number of nitriles is 1. The molecule has 1 aromatic heterocycles. The summed E-state index contributed by atoms with van der Waals surface area (Å²) in [6.45, 7) is 0. The number of aromatic amines is 1. The fourth-order valence-electron chi connectivity index (χ4n) is 2.22. The van der Waals surface area contributed by atoms with Gasteiger partial charge in [0.1, 0.15) is 11.6 Å². The Kier molecular flexibility index (Phi) is 5.65. The second-order valence-electron chi connectivity index (χ2n) is 5.13. The first-order chi connectivity index (χ1) is 12.6. The van der Waals surface area contributed by atoms with Crippen molar-refractivity contribution in [2.24, 2.45) is 5.10 Å². The maximum absolute atomic E-state index is 12.2. The molecule has 0 fully saturated rings. The van der Waals surface area contributed by atoms with Crippen LogP contribution in [0, 0.1) is 14.9 Å². The van der Waals surface area contributed by atoms with E-state index in [-0.39, 0.29) is 11.5 Å². The van der Waals surface area contributed by atoms with E-state index in [9.17, 15) is 10.1 Å². The molecule has 0 saturated heterocycles. The van der Waals surface area contributed by atoms with Gasteiger partial charge in [-0.1, -0.05) is 54.1 Å². The highest BCUT2D eigenvalue weighted by Gasteiger charge is 2.12. The van der Waals surface area contributed by atoms with Gasteiger partial charge in [-0.15, -0.1) is 0 Å². The second kappa shape index (κ2) is 8.12. The van der Waals surface area contributed by atoms with Gasteiger partial charge in [-0.2, -0.15) is 10.4 Å². The van der Waals surface area contributed by atoms with Crippen LogP contribution in [0.3, 0.4) is 0 Å². The lowest BCUT2D eigenvalue weighted by Crippen LogP contribution is -2.16. The molecule has 0 aliphatic heterocycles. The molecule has 0 spiro atoms. The first-order valence-corrected chi connectivity index (χ1v) is 8.88. The summed E-state index contributed by atoms with van der Waals surface area (Å²) < 4.78 is 0.864. The standard InChI is InChI=1S/C18H11ClIN5O/c19-14-8-4-7-12(15(14)20)10-22-25-18-23-16(11-5-2-1-3-6-11)13(9-21)17(26)24-18/h1-8,10H,(H2,23,24,25,26). The number of hydrogen-bond donors (Lipinski definition) is 2. The van der Waals surface area contributed by atoms with Gasteiger partial charge in [-0.05, 0) is 28.7 Å². The van der Waals surface area contributed by atoms with Crippen molar-refractivity contribution in [3.63, 3.8) is 0 Å². The van der Waals surface area contributed by atoms with Crippen molar-refractivity contribution >= 4 is 46.4 Å². The minimum absolute atomic E-state index is 0.0462. The zero-order valence-electron chi connectivity index (χ0n) is 13.2. The van der Waals surface area contributed by atoms with Crippen LogP contribution >= 0.6 is 34.2 Å². The van der Waals surface area contributed by atoms with Gasteiger partial charge in [-0.25, -0.2) is 10.4 Å². The van der Waals surface area contributed by atoms with Gasteiger partial charge < -0.3 is 0 Å². The largest absolute Gasteiger partial charge is 0.290 e. The molecule has 0 radical (unpaired) electrons. The molecule has 1 heterocycles. The summed E-state index contributed by atoms with van der Waals surface area (Å²) in [4.78, 5) is 19.0. The van der Waals surface area contributed by atoms with Gasteiger partial charge in [0.25, 0.3) is 5.56 Å². The van der Waals surface area contributed by atoms with Gasteiger partial charge in [0.2, 0.25) is 5.95 Å². The van der Waals surface area contributed by atoms with E-state index in [4.69, 9.17) is 11.6 Å². The number of hydrogen-bond acceptors (Lipinski definition) is 5. The van der Waals surface area contributed by atoms with Crippen LogP contribution in [0.1, 0.15) is 11.1 Å². The quantitative estimate of drug-likeness (QED) is 0.339. The third kappa shape index (κ3) is 3.92. The molecule has 6 nitrogen and oxygen atoms in total. The Hall–Kier alpha value is -2.70. The van der Waals surface area contributed by atoms with Crippen LogP contribution < -0.4 is 11.0 Å². The minimum atomic E-state index is -0.531. The van der Waals surface area contributed by atoms with Crippen LogP contribution in [0.25, 0.3) is 11.3 Å². The summed E-state index contributed by atoms with van der Waals surface area (Å²) in [5.41, 5.74) is 3.91. The molecule has 0 saturated carbocycles. The number of hydrazone groups is 1. The Morgan fingerprint density at radius 1 is 1.23 bits per heavy atom. The van der Waals surface area contributed by atoms with E-state index in [1.807, 2.05) is 36.4 Å². The van der Waals surface area contributed by atoms with Crippen LogP contribution in [-0.2, 0) is 0 Å². The highest BCUT2D eigenvalue weighted by atomic mass is 127. The molecule has 0 atom stereocenters. The summed E-state index contributed by atoms with van der Waals surface area (Å²) in [6.07, 6.45) is 1.58. The smallest absolute Gasteiger partial charge is 0.270 e. The van der Waals surface area contributed by atoms with Crippen molar-refractivity contribution < 1.29 is 0 Å². The van der Waals surface area contributed by atoms with E-state index in [0.29, 0.717) is 16.3 Å². The van der Waals surface area contributed by atoms with E-state index < -0.39 is 5.56 Å². The second-order valence-corrected chi connectivity index (χ2v) is 6.61. The summed E-state index contributed by atoms with van der Waals surface area (Å²) in [6, 6.07) is 16.4. The lowest BCUT2D eigenvalue weighted by molar-refractivity contribution is 1.08. The van der Waals surface area contributed by atoms with Crippen LogP contribution in [-0.4, -0.2) is 16.2 Å². The Morgan fingerprint density at radius 2 is 2.00 bits per heavy atom. The average molecular weight is 476 g/mol. The molecule has 2 N–H and O–H groups in total. The third-order valence-electron chi connectivity index (χ3n) is 3.43. The molecule has 26 heavy (non-hydrogen) atoms. The van der Waals surface area contributed by atoms with Crippen LogP contribution in [0.5, 0.6) is 0 Å². The van der Waals surface area contributed by atoms with Crippen molar-refractivity contribution in [3.05, 3.63) is 78.6 Å². The first kappa shape index (κ1) is 18.1. The van der Waals surface area contributed by atoms with Crippen LogP contribution in [0.15, 0.2) is 58.4 Å². The molecule has 0 aliphatic carbocycles. The fraction of sp³-hybridized carbons (Fsp3) is 0. The highest BCUT2D eigenvalue weighted by molar-refractivity contribution is 14.1. The van der Waals surface area contributed by atoms with Crippen LogP contribution in [0.4, 0.5) is 5.95 Å². The summed E-state index contributed by atoms with van der Waals surface area (Å²) in [7, 11) is 0. The van der Waals surface area contributed by atoms with Gasteiger partial charge in [0, 0.05) is 14.7 Å². The normalized spacial score (nSPS) is 10.7. The zero-order chi connectivity index (χ0) is 18.5. The molecule has 0 aliphatic rings. The summed E-state index contributed by atoms with van der Waals surface area (Å²) in [5.74, 6) is 0.140. The number of rotatable bonds is 4. The Morgan fingerprint density at radius 3 is 2.73 bits per heavy atom. The van der Waals surface area contributed by atoms with Gasteiger partial charge in [0.15, 0.2) is 0 Å². The molecule has 0 amide bonds. The molecule has 0 bridgehead atoms. The van der Waals surface area contributed by atoms with Crippen molar-refractivity contribution in [3.8, 4) is 17.3 Å². The highest BCUT2D eigenvalue weighted by Crippen LogP contribution is 2.21. The summed E-state index contributed by atoms with van der Waals surface area (Å²) >= 11 is 8.20. The predicted molar refractivity (Wildman–Crippen MR) is 110 cm³/mol. The molecule has 0 unspecified atom stereocenters. The zero-order valence-corrected chi connectivity index (χ0v) is 16.1. The van der Waals surface area contributed by atoms with E-state index in [0.717, 1.165) is 9.13 Å². The number of nitrogens with zero attached hydrogens (tertiary/aromatic N) is 3. The van der Waals surface area contributed by atoms with E-state index >= 15 is 0 Å². The average Bonchev–Trinajstić information content (AvgIpc) is 2.65. The predicted octanol–water partition coefficient (Wildman–Crippen LogP) is 4.01. The molecular formula is C18H11ClIN5O. The fourth-order valence-corrected chi connectivity index (χ4v) is 2.90. The lowest BCUT2D eigenvalue weighted by atomic mass is 10.1.